The van der Waals surface area contributed by atoms with Crippen LogP contribution in [0, 0.1) is 11.7 Å². The number of hydrogen-bond acceptors (Lipinski definition) is 5. The van der Waals surface area contributed by atoms with Gasteiger partial charge in [-0.1, -0.05) is 39.8 Å². The predicted molar refractivity (Wildman–Crippen MR) is 130 cm³/mol. The lowest BCUT2D eigenvalue weighted by Crippen LogP contribution is -2.38. The Morgan fingerprint density at radius 1 is 1.06 bits per heavy atom. The first-order valence-electron chi connectivity index (χ1n) is 11.8. The fourth-order valence-electron chi connectivity index (χ4n) is 4.02. The molecule has 7 heteroatoms. The number of halogens is 1. The predicted octanol–water partition coefficient (Wildman–Crippen LogP) is 4.62. The van der Waals surface area contributed by atoms with Crippen LogP contribution in [0.3, 0.4) is 0 Å². The quantitative estimate of drug-likeness (QED) is 0.313. The summed E-state index contributed by atoms with van der Waals surface area (Å²) >= 11 is 0. The number of nitrogens with zero attached hydrogens (tertiary/aromatic N) is 2. The van der Waals surface area contributed by atoms with E-state index < -0.39 is 23.5 Å². The molecular weight excluding hydrogens is 435 g/mol. The molecule has 0 radical (unpaired) electrons. The van der Waals surface area contributed by atoms with Crippen molar-refractivity contribution in [2.75, 3.05) is 32.8 Å². The molecule has 0 unspecified atom stereocenters. The number of benzene rings is 2. The molecule has 1 aliphatic rings. The van der Waals surface area contributed by atoms with E-state index in [4.69, 9.17) is 4.74 Å². The van der Waals surface area contributed by atoms with E-state index in [1.165, 1.54) is 17.0 Å². The van der Waals surface area contributed by atoms with Crippen LogP contribution in [0.5, 0.6) is 5.75 Å². The minimum atomic E-state index is -0.798. The number of ketones is 1. The van der Waals surface area contributed by atoms with Gasteiger partial charge in [-0.15, -0.1) is 0 Å². The Morgan fingerprint density at radius 2 is 1.68 bits per heavy atom. The van der Waals surface area contributed by atoms with Crippen LogP contribution < -0.4 is 4.74 Å². The molecule has 6 nitrogen and oxygen atoms in total. The average Bonchev–Trinajstić information content (AvgIpc) is 3.08. The van der Waals surface area contributed by atoms with Gasteiger partial charge in [-0.05, 0) is 61.0 Å². The zero-order chi connectivity index (χ0) is 24.8. The Labute approximate surface area is 200 Å². The number of aliphatic hydroxyl groups excluding tert-OH is 1. The van der Waals surface area contributed by atoms with Crippen molar-refractivity contribution in [3.63, 3.8) is 0 Å². The maximum atomic E-state index is 13.6. The number of Topliss-reactive ketones (excluding diaryl/α,β-unsaturated/α-hetero) is 1. The Morgan fingerprint density at radius 3 is 2.24 bits per heavy atom. The number of carbonyl (C=O) groups excluding carboxylic acids is 2. The topological polar surface area (TPSA) is 70.1 Å². The molecule has 1 saturated heterocycles. The van der Waals surface area contributed by atoms with Crippen LogP contribution in [0.25, 0.3) is 5.76 Å². The molecule has 1 N–H and O–H groups in total. The average molecular weight is 469 g/mol. The lowest BCUT2D eigenvalue weighted by molar-refractivity contribution is -0.140. The van der Waals surface area contributed by atoms with Crippen LogP contribution in [0.15, 0.2) is 54.1 Å². The van der Waals surface area contributed by atoms with Crippen molar-refractivity contribution in [2.24, 2.45) is 5.92 Å². The summed E-state index contributed by atoms with van der Waals surface area (Å²) in [6.45, 7) is 11.2. The smallest absolute Gasteiger partial charge is 0.295 e. The second-order valence-electron chi connectivity index (χ2n) is 8.80. The summed E-state index contributed by atoms with van der Waals surface area (Å²) in [5.41, 5.74) is 0.983. The van der Waals surface area contributed by atoms with E-state index in [1.807, 2.05) is 13.8 Å². The van der Waals surface area contributed by atoms with E-state index in [0.29, 0.717) is 42.5 Å². The third-order valence-corrected chi connectivity index (χ3v) is 5.99. The van der Waals surface area contributed by atoms with Crippen LogP contribution in [0.2, 0.25) is 0 Å². The number of rotatable bonds is 10. The number of amides is 1. The molecule has 0 aromatic heterocycles. The summed E-state index contributed by atoms with van der Waals surface area (Å²) in [4.78, 5) is 29.7. The van der Waals surface area contributed by atoms with Gasteiger partial charge in [0.15, 0.2) is 0 Å². The molecule has 182 valence electrons. The minimum Gasteiger partial charge on any atom is -0.507 e. The zero-order valence-corrected chi connectivity index (χ0v) is 20.3. The van der Waals surface area contributed by atoms with E-state index in [2.05, 4.69) is 18.7 Å². The Bertz CT molecular complexity index is 1030. The first-order valence-corrected chi connectivity index (χ1v) is 11.8. The molecule has 1 heterocycles. The Hall–Kier alpha value is -3.19. The number of likely N-dealkylation sites (tertiary alicyclic amines) is 1. The Kier molecular flexibility index (Phi) is 8.45. The van der Waals surface area contributed by atoms with Crippen molar-refractivity contribution in [3.8, 4) is 5.75 Å². The summed E-state index contributed by atoms with van der Waals surface area (Å²) in [5.74, 6) is -1.06. The molecule has 0 saturated carbocycles. The van der Waals surface area contributed by atoms with E-state index in [0.717, 1.165) is 13.1 Å². The number of likely N-dealkylation sites (N-methyl/N-ethyl adjacent to an activating group) is 1. The van der Waals surface area contributed by atoms with Crippen LogP contribution in [-0.4, -0.2) is 59.4 Å². The molecule has 34 heavy (non-hydrogen) atoms. The molecule has 3 rings (SSSR count). The standard InChI is InChI=1S/C27H33FN2O4/c1-5-29(6-2)15-16-30-24(19-7-11-21(28)12-8-19)23(26(32)27(30)33)25(31)20-9-13-22(14-10-20)34-17-18(3)4/h7-14,18,24,31H,5-6,15-17H2,1-4H3/b25-23+/t24-/m1/s1. The number of ether oxygens (including phenoxy) is 1. The lowest BCUT2D eigenvalue weighted by atomic mass is 9.95. The van der Waals surface area contributed by atoms with Gasteiger partial charge in [0.1, 0.15) is 17.3 Å². The van der Waals surface area contributed by atoms with Crippen molar-refractivity contribution in [1.82, 2.24) is 9.80 Å². The normalized spacial score (nSPS) is 17.7. The summed E-state index contributed by atoms with van der Waals surface area (Å²) in [6.07, 6.45) is 0. The van der Waals surface area contributed by atoms with Crippen molar-refractivity contribution >= 4 is 17.4 Å². The van der Waals surface area contributed by atoms with Gasteiger partial charge in [-0.25, -0.2) is 4.39 Å². The zero-order valence-electron chi connectivity index (χ0n) is 20.3. The highest BCUT2D eigenvalue weighted by Crippen LogP contribution is 2.39. The van der Waals surface area contributed by atoms with Crippen LogP contribution in [0.4, 0.5) is 4.39 Å². The summed E-state index contributed by atoms with van der Waals surface area (Å²) < 4.78 is 19.3. The maximum absolute atomic E-state index is 13.6. The third-order valence-electron chi connectivity index (χ3n) is 5.99. The summed E-state index contributed by atoms with van der Waals surface area (Å²) in [6, 6.07) is 11.7. The van der Waals surface area contributed by atoms with Gasteiger partial charge in [0.05, 0.1) is 18.2 Å². The Balaban J connectivity index is 2.00. The molecule has 2 aromatic rings. The molecule has 2 aromatic carbocycles. The molecule has 0 bridgehead atoms. The summed E-state index contributed by atoms with van der Waals surface area (Å²) in [5, 5.41) is 11.1. The fraction of sp³-hybridized carbons (Fsp3) is 0.407. The van der Waals surface area contributed by atoms with Gasteiger partial charge in [0, 0.05) is 18.7 Å². The van der Waals surface area contributed by atoms with Crippen molar-refractivity contribution in [2.45, 2.75) is 33.7 Å². The second-order valence-corrected chi connectivity index (χ2v) is 8.80. The van der Waals surface area contributed by atoms with Crippen LogP contribution in [0.1, 0.15) is 44.9 Å². The SMILES string of the molecule is CCN(CC)CCN1C(=O)C(=O)/C(=C(/O)c2ccc(OCC(C)C)cc2)[C@H]1c1ccc(F)cc1. The number of carbonyl (C=O) groups is 2. The highest BCUT2D eigenvalue weighted by molar-refractivity contribution is 6.46. The van der Waals surface area contributed by atoms with Gasteiger partial charge < -0.3 is 19.6 Å². The molecule has 1 amide bonds. The highest BCUT2D eigenvalue weighted by atomic mass is 19.1. The molecule has 1 aliphatic heterocycles. The first-order chi connectivity index (χ1) is 16.3. The van der Waals surface area contributed by atoms with Gasteiger partial charge >= 0.3 is 0 Å². The van der Waals surface area contributed by atoms with Gasteiger partial charge in [0.25, 0.3) is 11.7 Å². The molecule has 1 fully saturated rings. The van der Waals surface area contributed by atoms with Crippen molar-refractivity contribution in [3.05, 3.63) is 71.0 Å². The largest absolute Gasteiger partial charge is 0.507 e. The minimum absolute atomic E-state index is 0.00649. The highest BCUT2D eigenvalue weighted by Gasteiger charge is 2.45. The van der Waals surface area contributed by atoms with Gasteiger partial charge in [0.2, 0.25) is 0 Å². The number of aliphatic hydroxyl groups is 1. The maximum Gasteiger partial charge on any atom is 0.295 e. The van der Waals surface area contributed by atoms with Crippen LogP contribution in [-0.2, 0) is 9.59 Å². The molecule has 0 aliphatic carbocycles. The van der Waals surface area contributed by atoms with Crippen molar-refractivity contribution < 1.29 is 23.8 Å². The fourth-order valence-corrected chi connectivity index (χ4v) is 4.02. The summed E-state index contributed by atoms with van der Waals surface area (Å²) in [7, 11) is 0. The molecular formula is C27H33FN2O4. The third kappa shape index (κ3) is 5.65. The van der Waals surface area contributed by atoms with E-state index >= 15 is 0 Å². The monoisotopic (exact) mass is 468 g/mol. The van der Waals surface area contributed by atoms with Gasteiger partial charge in [-0.3, -0.25) is 9.59 Å². The van der Waals surface area contributed by atoms with Crippen LogP contribution >= 0.6 is 0 Å². The van der Waals surface area contributed by atoms with E-state index in [9.17, 15) is 19.1 Å². The van der Waals surface area contributed by atoms with E-state index in [-0.39, 0.29) is 11.3 Å². The van der Waals surface area contributed by atoms with Crippen molar-refractivity contribution in [1.29, 1.82) is 0 Å². The lowest BCUT2D eigenvalue weighted by Gasteiger charge is -2.28. The molecule has 0 spiro atoms. The number of hydrogen-bond donors (Lipinski definition) is 1. The first kappa shape index (κ1) is 25.4. The second kappa shape index (κ2) is 11.3. The van der Waals surface area contributed by atoms with Gasteiger partial charge in [-0.2, -0.15) is 0 Å². The van der Waals surface area contributed by atoms with E-state index in [1.54, 1.807) is 36.4 Å². The molecule has 1 atom stereocenters.